The van der Waals surface area contributed by atoms with Gasteiger partial charge in [-0.25, -0.2) is 4.98 Å². The Bertz CT molecular complexity index is 784. The van der Waals surface area contributed by atoms with Gasteiger partial charge in [0.1, 0.15) is 5.75 Å². The molecule has 0 aliphatic carbocycles. The van der Waals surface area contributed by atoms with E-state index in [1.807, 2.05) is 47.8 Å². The quantitative estimate of drug-likeness (QED) is 0.696. The van der Waals surface area contributed by atoms with E-state index in [1.165, 1.54) is 0 Å². The molecule has 0 radical (unpaired) electrons. The number of methoxy groups -OCH3 is 1. The van der Waals surface area contributed by atoms with Crippen molar-refractivity contribution in [2.75, 3.05) is 19.1 Å². The lowest BCUT2D eigenvalue weighted by Crippen LogP contribution is -2.12. The van der Waals surface area contributed by atoms with Crippen LogP contribution >= 0.6 is 11.6 Å². The van der Waals surface area contributed by atoms with Crippen LogP contribution in [0.1, 0.15) is 0 Å². The van der Waals surface area contributed by atoms with Gasteiger partial charge in [-0.1, -0.05) is 0 Å². The van der Waals surface area contributed by atoms with E-state index in [9.17, 15) is 0 Å². The smallest absolute Gasteiger partial charge is 0.226 e. The summed E-state index contributed by atoms with van der Waals surface area (Å²) in [4.78, 5) is 14.8. The normalized spacial score (nSPS) is 10.9. The molecule has 0 saturated heterocycles. The third-order valence-electron chi connectivity index (χ3n) is 3.29. The fourth-order valence-electron chi connectivity index (χ4n) is 2.13. The van der Waals surface area contributed by atoms with Gasteiger partial charge in [-0.3, -0.25) is 0 Å². The molecular formula is C14H14ClN5O. The average molecular weight is 304 g/mol. The molecule has 0 amide bonds. The van der Waals surface area contributed by atoms with E-state index in [-0.39, 0.29) is 5.28 Å². The maximum atomic E-state index is 6.02. The minimum Gasteiger partial charge on any atom is -0.497 e. The summed E-state index contributed by atoms with van der Waals surface area (Å²) in [5, 5.41) is 0.196. The zero-order valence-corrected chi connectivity index (χ0v) is 12.7. The van der Waals surface area contributed by atoms with Crippen LogP contribution in [-0.4, -0.2) is 33.7 Å². The zero-order chi connectivity index (χ0) is 15.0. The fraction of sp³-hybridized carbons (Fsp3) is 0.214. The zero-order valence-electron chi connectivity index (χ0n) is 11.9. The fourth-order valence-corrected chi connectivity index (χ4v) is 2.29. The maximum Gasteiger partial charge on any atom is 0.226 e. The van der Waals surface area contributed by atoms with Crippen LogP contribution in [0.5, 0.6) is 5.75 Å². The third kappa shape index (κ3) is 2.38. The molecule has 0 saturated carbocycles. The number of nitrogens with zero attached hydrogens (tertiary/aromatic N) is 5. The highest BCUT2D eigenvalue weighted by molar-refractivity contribution is 6.28. The highest BCUT2D eigenvalue weighted by Crippen LogP contribution is 2.29. The first-order chi connectivity index (χ1) is 10.1. The molecule has 7 heteroatoms. The van der Waals surface area contributed by atoms with Gasteiger partial charge in [0.2, 0.25) is 5.28 Å². The molecule has 0 N–H and O–H groups in total. The van der Waals surface area contributed by atoms with Crippen molar-refractivity contribution in [3.05, 3.63) is 35.9 Å². The number of benzene rings is 1. The van der Waals surface area contributed by atoms with Crippen molar-refractivity contribution in [2.24, 2.45) is 7.05 Å². The number of hydrogen-bond acceptors (Lipinski definition) is 5. The van der Waals surface area contributed by atoms with Crippen LogP contribution in [0.2, 0.25) is 5.28 Å². The second-order valence-electron chi connectivity index (χ2n) is 4.60. The van der Waals surface area contributed by atoms with Crippen molar-refractivity contribution < 1.29 is 4.74 Å². The lowest BCUT2D eigenvalue weighted by atomic mass is 10.2. The van der Waals surface area contributed by atoms with Gasteiger partial charge < -0.3 is 14.2 Å². The number of hydrogen-bond donors (Lipinski definition) is 0. The lowest BCUT2D eigenvalue weighted by molar-refractivity contribution is 0.415. The monoisotopic (exact) mass is 303 g/mol. The summed E-state index contributed by atoms with van der Waals surface area (Å²) in [6.07, 6.45) is 1.70. The van der Waals surface area contributed by atoms with Gasteiger partial charge >= 0.3 is 0 Å². The van der Waals surface area contributed by atoms with E-state index in [2.05, 4.69) is 15.0 Å². The summed E-state index contributed by atoms with van der Waals surface area (Å²) in [6, 6.07) is 7.68. The molecule has 3 aromatic rings. The Balaban J connectivity index is 2.09. The summed E-state index contributed by atoms with van der Waals surface area (Å²) in [7, 11) is 5.42. The van der Waals surface area contributed by atoms with Crippen LogP contribution in [0.4, 0.5) is 11.5 Å². The first kappa shape index (κ1) is 13.6. The molecule has 21 heavy (non-hydrogen) atoms. The molecule has 0 aliphatic heterocycles. The Morgan fingerprint density at radius 1 is 1.19 bits per heavy atom. The summed E-state index contributed by atoms with van der Waals surface area (Å²) >= 11 is 6.02. The van der Waals surface area contributed by atoms with Crippen molar-refractivity contribution in [3.8, 4) is 5.75 Å². The van der Waals surface area contributed by atoms with Gasteiger partial charge in [-0.2, -0.15) is 9.97 Å². The Morgan fingerprint density at radius 3 is 2.57 bits per heavy atom. The molecule has 0 unspecified atom stereocenters. The van der Waals surface area contributed by atoms with Crippen molar-refractivity contribution in [1.29, 1.82) is 0 Å². The number of imidazole rings is 1. The first-order valence-corrected chi connectivity index (χ1v) is 6.70. The number of aromatic nitrogens is 4. The van der Waals surface area contributed by atoms with Crippen molar-refractivity contribution in [2.45, 2.75) is 0 Å². The molecule has 2 aromatic heterocycles. The van der Waals surface area contributed by atoms with Gasteiger partial charge in [-0.15, -0.1) is 0 Å². The number of halogens is 1. The molecule has 6 nitrogen and oxygen atoms in total. The van der Waals surface area contributed by atoms with Crippen LogP contribution in [-0.2, 0) is 7.05 Å². The maximum absolute atomic E-state index is 6.02. The predicted octanol–water partition coefficient (Wildman–Crippen LogP) is 2.79. The molecule has 0 bridgehead atoms. The average Bonchev–Trinajstić information content (AvgIpc) is 2.87. The number of anilines is 2. The SMILES string of the molecule is COc1ccc(N(C)c2nc(Cl)nc3c2ncn3C)cc1. The Hall–Kier alpha value is -2.34. The highest BCUT2D eigenvalue weighted by Gasteiger charge is 2.15. The van der Waals surface area contributed by atoms with Gasteiger partial charge in [0.25, 0.3) is 0 Å². The second kappa shape index (κ2) is 5.21. The predicted molar refractivity (Wildman–Crippen MR) is 82.4 cm³/mol. The van der Waals surface area contributed by atoms with Crippen molar-refractivity contribution in [3.63, 3.8) is 0 Å². The summed E-state index contributed by atoms with van der Waals surface area (Å²) < 4.78 is 6.98. The molecule has 0 fully saturated rings. The summed E-state index contributed by atoms with van der Waals surface area (Å²) in [5.41, 5.74) is 2.36. The minimum atomic E-state index is 0.196. The van der Waals surface area contributed by atoms with Gasteiger partial charge in [0.05, 0.1) is 13.4 Å². The molecule has 0 atom stereocenters. The third-order valence-corrected chi connectivity index (χ3v) is 3.46. The number of ether oxygens (including phenoxy) is 1. The van der Waals surface area contributed by atoms with E-state index in [4.69, 9.17) is 16.3 Å². The van der Waals surface area contributed by atoms with E-state index >= 15 is 0 Å². The van der Waals surface area contributed by atoms with Crippen molar-refractivity contribution in [1.82, 2.24) is 19.5 Å². The Morgan fingerprint density at radius 2 is 1.90 bits per heavy atom. The largest absolute Gasteiger partial charge is 0.497 e. The van der Waals surface area contributed by atoms with Crippen LogP contribution in [0.3, 0.4) is 0 Å². The van der Waals surface area contributed by atoms with E-state index < -0.39 is 0 Å². The highest BCUT2D eigenvalue weighted by atomic mass is 35.5. The molecule has 3 rings (SSSR count). The van der Waals surface area contributed by atoms with Crippen LogP contribution in [0.15, 0.2) is 30.6 Å². The summed E-state index contributed by atoms with van der Waals surface area (Å²) in [6.45, 7) is 0. The topological polar surface area (TPSA) is 56.1 Å². The van der Waals surface area contributed by atoms with Crippen molar-refractivity contribution >= 4 is 34.3 Å². The van der Waals surface area contributed by atoms with E-state index in [1.54, 1.807) is 13.4 Å². The minimum absolute atomic E-state index is 0.196. The number of aryl methyl sites for hydroxylation is 1. The first-order valence-electron chi connectivity index (χ1n) is 6.32. The number of fused-ring (bicyclic) bond motifs is 1. The molecule has 0 aliphatic rings. The van der Waals surface area contributed by atoms with Gasteiger partial charge in [0, 0.05) is 19.8 Å². The standard InChI is InChI=1S/C14H14ClN5O/c1-19-8-16-11-12(19)17-14(15)18-13(11)20(2)9-4-6-10(21-3)7-5-9/h4-8H,1-3H3. The lowest BCUT2D eigenvalue weighted by Gasteiger charge is -2.19. The molecule has 2 heterocycles. The summed E-state index contributed by atoms with van der Waals surface area (Å²) in [5.74, 6) is 1.46. The van der Waals surface area contributed by atoms with Gasteiger partial charge in [0.15, 0.2) is 17.0 Å². The second-order valence-corrected chi connectivity index (χ2v) is 4.94. The Labute approximate surface area is 127 Å². The molecule has 0 spiro atoms. The molecule has 1 aromatic carbocycles. The molecular weight excluding hydrogens is 290 g/mol. The van der Waals surface area contributed by atoms with E-state index in [0.29, 0.717) is 17.0 Å². The number of rotatable bonds is 3. The van der Waals surface area contributed by atoms with E-state index in [0.717, 1.165) is 11.4 Å². The van der Waals surface area contributed by atoms with Crippen LogP contribution in [0.25, 0.3) is 11.2 Å². The Kier molecular flexibility index (Phi) is 3.39. The van der Waals surface area contributed by atoms with Gasteiger partial charge in [-0.05, 0) is 35.9 Å². The molecule has 108 valence electrons. The van der Waals surface area contributed by atoms with Crippen LogP contribution < -0.4 is 9.64 Å². The van der Waals surface area contributed by atoms with Crippen LogP contribution in [0, 0.1) is 0 Å².